The first-order chi connectivity index (χ1) is 9.57. The molecule has 0 bridgehead atoms. The van der Waals surface area contributed by atoms with Gasteiger partial charge in [0.05, 0.1) is 4.90 Å². The second-order valence-corrected chi connectivity index (χ2v) is 8.67. The molecule has 1 rings (SSSR count). The SMILES string of the molecule is CCN(CC(C)C)C(=O)c1cc(S(=O)(=O)Cl)cc(Br)c1C. The molecular formula is C14H19BrClNO3S. The van der Waals surface area contributed by atoms with Crippen molar-refractivity contribution in [3.8, 4) is 0 Å². The van der Waals surface area contributed by atoms with Gasteiger partial charge in [0.2, 0.25) is 0 Å². The summed E-state index contributed by atoms with van der Waals surface area (Å²) in [6, 6.07) is 2.75. The summed E-state index contributed by atoms with van der Waals surface area (Å²) >= 11 is 3.29. The molecule has 0 unspecified atom stereocenters. The van der Waals surface area contributed by atoms with Crippen LogP contribution in [-0.4, -0.2) is 32.3 Å². The zero-order chi connectivity index (χ0) is 16.4. The Morgan fingerprint density at radius 3 is 2.38 bits per heavy atom. The molecule has 1 aromatic carbocycles. The van der Waals surface area contributed by atoms with Crippen LogP contribution >= 0.6 is 26.6 Å². The summed E-state index contributed by atoms with van der Waals surface area (Å²) < 4.78 is 23.6. The molecule has 0 aliphatic carbocycles. The van der Waals surface area contributed by atoms with Gasteiger partial charge in [0.15, 0.2) is 0 Å². The van der Waals surface area contributed by atoms with Gasteiger partial charge in [-0.25, -0.2) is 8.42 Å². The van der Waals surface area contributed by atoms with Gasteiger partial charge in [-0.2, -0.15) is 0 Å². The zero-order valence-corrected chi connectivity index (χ0v) is 15.6. The molecular weight excluding hydrogens is 378 g/mol. The molecule has 0 fully saturated rings. The number of rotatable bonds is 5. The molecule has 0 aliphatic rings. The van der Waals surface area contributed by atoms with Crippen molar-refractivity contribution in [1.82, 2.24) is 4.90 Å². The number of hydrogen-bond donors (Lipinski definition) is 0. The minimum absolute atomic E-state index is 0.0782. The van der Waals surface area contributed by atoms with Crippen LogP contribution in [0.1, 0.15) is 36.7 Å². The maximum atomic E-state index is 12.6. The minimum atomic E-state index is -3.88. The third-order valence-corrected chi connectivity index (χ3v) is 5.24. The Hall–Kier alpha value is -0.590. The van der Waals surface area contributed by atoms with Crippen molar-refractivity contribution in [3.63, 3.8) is 0 Å². The number of amides is 1. The molecule has 4 nitrogen and oxygen atoms in total. The van der Waals surface area contributed by atoms with E-state index in [4.69, 9.17) is 10.7 Å². The number of carbonyl (C=O) groups is 1. The van der Waals surface area contributed by atoms with Gasteiger partial charge >= 0.3 is 0 Å². The second kappa shape index (κ2) is 7.11. The molecule has 0 saturated heterocycles. The summed E-state index contributed by atoms with van der Waals surface area (Å²) in [7, 11) is 1.50. The Morgan fingerprint density at radius 2 is 1.95 bits per heavy atom. The fraction of sp³-hybridized carbons (Fsp3) is 0.500. The van der Waals surface area contributed by atoms with E-state index in [0.717, 1.165) is 0 Å². The van der Waals surface area contributed by atoms with Crippen molar-refractivity contribution in [3.05, 3.63) is 27.7 Å². The van der Waals surface area contributed by atoms with Crippen LogP contribution in [-0.2, 0) is 9.05 Å². The molecule has 21 heavy (non-hydrogen) atoms. The molecule has 0 atom stereocenters. The van der Waals surface area contributed by atoms with E-state index in [1.165, 1.54) is 12.1 Å². The maximum absolute atomic E-state index is 12.6. The summed E-state index contributed by atoms with van der Waals surface area (Å²) in [6.07, 6.45) is 0. The molecule has 0 radical (unpaired) electrons. The second-order valence-electron chi connectivity index (χ2n) is 5.25. The van der Waals surface area contributed by atoms with Gasteiger partial charge in [0.1, 0.15) is 0 Å². The Labute approximate surface area is 139 Å². The molecule has 1 aromatic rings. The van der Waals surface area contributed by atoms with Gasteiger partial charge in [-0.3, -0.25) is 4.79 Å². The first-order valence-corrected chi connectivity index (χ1v) is 9.72. The monoisotopic (exact) mass is 395 g/mol. The topological polar surface area (TPSA) is 54.5 Å². The molecule has 1 amide bonds. The molecule has 0 heterocycles. The fourth-order valence-electron chi connectivity index (χ4n) is 1.98. The third kappa shape index (κ3) is 4.69. The van der Waals surface area contributed by atoms with Crippen LogP contribution < -0.4 is 0 Å². The van der Waals surface area contributed by atoms with Crippen LogP contribution in [0, 0.1) is 12.8 Å². The first-order valence-electron chi connectivity index (χ1n) is 6.62. The fourth-order valence-corrected chi connectivity index (χ4v) is 3.38. The van der Waals surface area contributed by atoms with Crippen molar-refractivity contribution in [2.75, 3.05) is 13.1 Å². The molecule has 0 saturated carbocycles. The molecule has 0 aromatic heterocycles. The summed E-state index contributed by atoms with van der Waals surface area (Å²) in [6.45, 7) is 8.89. The minimum Gasteiger partial charge on any atom is -0.339 e. The van der Waals surface area contributed by atoms with Gasteiger partial charge in [0, 0.05) is 33.8 Å². The standard InChI is InChI=1S/C14H19BrClNO3S/c1-5-17(8-9(2)3)14(18)12-6-11(21(16,19)20)7-13(15)10(12)4/h6-7,9H,5,8H2,1-4H3. The number of benzene rings is 1. The maximum Gasteiger partial charge on any atom is 0.261 e. The number of hydrogen-bond acceptors (Lipinski definition) is 3. The lowest BCUT2D eigenvalue weighted by molar-refractivity contribution is 0.0744. The van der Waals surface area contributed by atoms with Crippen LogP contribution in [0.15, 0.2) is 21.5 Å². The average molecular weight is 397 g/mol. The molecule has 118 valence electrons. The predicted octanol–water partition coefficient (Wildman–Crippen LogP) is 3.80. The Balaban J connectivity index is 3.35. The lowest BCUT2D eigenvalue weighted by Crippen LogP contribution is -2.34. The number of nitrogens with zero attached hydrogens (tertiary/aromatic N) is 1. The average Bonchev–Trinajstić information content (AvgIpc) is 2.36. The molecule has 0 aliphatic heterocycles. The Kier molecular flexibility index (Phi) is 6.25. The Morgan fingerprint density at radius 1 is 1.38 bits per heavy atom. The number of halogens is 2. The van der Waals surface area contributed by atoms with Crippen molar-refractivity contribution >= 4 is 41.6 Å². The van der Waals surface area contributed by atoms with E-state index in [9.17, 15) is 13.2 Å². The van der Waals surface area contributed by atoms with E-state index in [1.54, 1.807) is 11.8 Å². The van der Waals surface area contributed by atoms with Crippen LogP contribution in [0.4, 0.5) is 0 Å². The van der Waals surface area contributed by atoms with E-state index in [-0.39, 0.29) is 10.8 Å². The highest BCUT2D eigenvalue weighted by Crippen LogP contribution is 2.27. The van der Waals surface area contributed by atoms with Crippen molar-refractivity contribution in [2.24, 2.45) is 5.92 Å². The van der Waals surface area contributed by atoms with E-state index in [2.05, 4.69) is 15.9 Å². The van der Waals surface area contributed by atoms with Crippen LogP contribution in [0.2, 0.25) is 0 Å². The Bertz CT molecular complexity index is 644. The van der Waals surface area contributed by atoms with Gasteiger partial charge in [-0.15, -0.1) is 0 Å². The zero-order valence-electron chi connectivity index (χ0n) is 12.5. The van der Waals surface area contributed by atoms with Crippen LogP contribution in [0.25, 0.3) is 0 Å². The normalized spacial score (nSPS) is 11.8. The van der Waals surface area contributed by atoms with Gasteiger partial charge in [0.25, 0.3) is 15.0 Å². The van der Waals surface area contributed by atoms with Crippen molar-refractivity contribution < 1.29 is 13.2 Å². The van der Waals surface area contributed by atoms with Crippen LogP contribution in [0.5, 0.6) is 0 Å². The largest absolute Gasteiger partial charge is 0.339 e. The highest BCUT2D eigenvalue weighted by atomic mass is 79.9. The third-order valence-electron chi connectivity index (χ3n) is 3.08. The summed E-state index contributed by atoms with van der Waals surface area (Å²) in [5, 5.41) is 0. The van der Waals surface area contributed by atoms with Crippen molar-refractivity contribution in [2.45, 2.75) is 32.6 Å². The highest BCUT2D eigenvalue weighted by Gasteiger charge is 2.22. The molecule has 0 spiro atoms. The summed E-state index contributed by atoms with van der Waals surface area (Å²) in [4.78, 5) is 14.3. The number of carbonyl (C=O) groups excluding carboxylic acids is 1. The highest BCUT2D eigenvalue weighted by molar-refractivity contribution is 9.10. The predicted molar refractivity (Wildman–Crippen MR) is 88.3 cm³/mol. The molecule has 0 N–H and O–H groups in total. The lowest BCUT2D eigenvalue weighted by atomic mass is 10.1. The van der Waals surface area contributed by atoms with E-state index < -0.39 is 9.05 Å². The molecule has 7 heteroatoms. The van der Waals surface area contributed by atoms with Crippen molar-refractivity contribution in [1.29, 1.82) is 0 Å². The van der Waals surface area contributed by atoms with E-state index in [1.807, 2.05) is 20.8 Å². The smallest absolute Gasteiger partial charge is 0.261 e. The van der Waals surface area contributed by atoms with E-state index >= 15 is 0 Å². The quantitative estimate of drug-likeness (QED) is 0.711. The van der Waals surface area contributed by atoms with E-state index in [0.29, 0.717) is 34.6 Å². The summed E-state index contributed by atoms with van der Waals surface area (Å²) in [5.74, 6) is 0.143. The first kappa shape index (κ1) is 18.5. The summed E-state index contributed by atoms with van der Waals surface area (Å²) in [5.41, 5.74) is 1.05. The van der Waals surface area contributed by atoms with Gasteiger partial charge in [-0.1, -0.05) is 29.8 Å². The van der Waals surface area contributed by atoms with Crippen LogP contribution in [0.3, 0.4) is 0 Å². The lowest BCUT2D eigenvalue weighted by Gasteiger charge is -2.24. The van der Waals surface area contributed by atoms with Gasteiger partial charge in [-0.05, 0) is 37.5 Å². The van der Waals surface area contributed by atoms with Gasteiger partial charge < -0.3 is 4.90 Å².